The molecule has 5 heteroatoms. The summed E-state index contributed by atoms with van der Waals surface area (Å²) in [6.07, 6.45) is 0. The van der Waals surface area contributed by atoms with Crippen LogP contribution in [0.3, 0.4) is 0 Å². The van der Waals surface area contributed by atoms with Crippen LogP contribution in [0.2, 0.25) is 0 Å². The molecule has 0 aliphatic rings. The first kappa shape index (κ1) is 22.1. The molecule has 0 spiro atoms. The van der Waals surface area contributed by atoms with Crippen molar-refractivity contribution in [3.63, 3.8) is 0 Å². The van der Waals surface area contributed by atoms with E-state index in [9.17, 15) is 15.3 Å². The number of hydrogen-bond acceptors (Lipinski definition) is 5. The van der Waals surface area contributed by atoms with Gasteiger partial charge in [-0.1, -0.05) is 0 Å². The number of anilines is 3. The molecule has 4 aromatic carbocycles. The second-order valence-corrected chi connectivity index (χ2v) is 8.32. The van der Waals surface area contributed by atoms with Crippen molar-refractivity contribution in [3.05, 3.63) is 95.1 Å². The van der Waals surface area contributed by atoms with Gasteiger partial charge >= 0.3 is 0 Å². The Morgan fingerprint density at radius 3 is 1.64 bits per heavy atom. The van der Waals surface area contributed by atoms with Crippen LogP contribution in [-0.4, -0.2) is 15.3 Å². The van der Waals surface area contributed by atoms with Gasteiger partial charge in [-0.05, 0) is 111 Å². The van der Waals surface area contributed by atoms with Gasteiger partial charge in [0.05, 0.1) is 11.4 Å². The van der Waals surface area contributed by atoms with Crippen molar-refractivity contribution in [2.24, 2.45) is 0 Å². The van der Waals surface area contributed by atoms with Crippen LogP contribution in [-0.2, 0) is 0 Å². The fourth-order valence-corrected chi connectivity index (χ4v) is 3.87. The van der Waals surface area contributed by atoms with Gasteiger partial charge in [0.15, 0.2) is 0 Å². The van der Waals surface area contributed by atoms with Crippen molar-refractivity contribution >= 4 is 17.1 Å². The third-order valence-corrected chi connectivity index (χ3v) is 5.64. The number of phenols is 3. The lowest BCUT2D eigenvalue weighted by molar-refractivity contribution is 0.457. The molecule has 0 unspecified atom stereocenters. The number of benzene rings is 4. The van der Waals surface area contributed by atoms with E-state index < -0.39 is 0 Å². The second-order valence-electron chi connectivity index (χ2n) is 8.32. The average molecular weight is 442 g/mol. The smallest absolute Gasteiger partial charge is 0.130 e. The average Bonchev–Trinajstić information content (AvgIpc) is 2.74. The Balaban J connectivity index is 1.74. The van der Waals surface area contributed by atoms with Crippen LogP contribution in [0.4, 0.5) is 17.1 Å². The Hall–Kier alpha value is -4.12. The third kappa shape index (κ3) is 4.72. The van der Waals surface area contributed by atoms with Gasteiger partial charge in [0.25, 0.3) is 0 Å². The van der Waals surface area contributed by atoms with Crippen LogP contribution in [0.5, 0.6) is 28.7 Å². The molecule has 0 aliphatic carbocycles. The van der Waals surface area contributed by atoms with Crippen molar-refractivity contribution < 1.29 is 20.1 Å². The monoisotopic (exact) mass is 441 g/mol. The van der Waals surface area contributed by atoms with Crippen molar-refractivity contribution in [2.75, 3.05) is 4.90 Å². The van der Waals surface area contributed by atoms with E-state index in [1.807, 2.05) is 69.0 Å². The van der Waals surface area contributed by atoms with Gasteiger partial charge in [0.2, 0.25) is 0 Å². The summed E-state index contributed by atoms with van der Waals surface area (Å²) in [4.78, 5) is 1.97. The Morgan fingerprint density at radius 1 is 0.576 bits per heavy atom. The van der Waals surface area contributed by atoms with Crippen LogP contribution in [0.15, 0.2) is 72.8 Å². The van der Waals surface area contributed by atoms with E-state index >= 15 is 0 Å². The largest absolute Gasteiger partial charge is 0.508 e. The molecule has 3 N–H and O–H groups in total. The highest BCUT2D eigenvalue weighted by atomic mass is 16.5. The van der Waals surface area contributed by atoms with Crippen LogP contribution < -0.4 is 9.64 Å². The zero-order chi connectivity index (χ0) is 23.7. The van der Waals surface area contributed by atoms with Crippen molar-refractivity contribution in [3.8, 4) is 28.7 Å². The lowest BCUT2D eigenvalue weighted by atomic mass is 10.1. The zero-order valence-corrected chi connectivity index (χ0v) is 19.1. The summed E-state index contributed by atoms with van der Waals surface area (Å²) >= 11 is 0. The van der Waals surface area contributed by atoms with Crippen LogP contribution in [0, 0.1) is 27.7 Å². The lowest BCUT2D eigenvalue weighted by Crippen LogP contribution is -2.10. The molecule has 4 rings (SSSR count). The summed E-state index contributed by atoms with van der Waals surface area (Å²) in [6.45, 7) is 7.62. The molecular weight excluding hydrogens is 414 g/mol. The van der Waals surface area contributed by atoms with E-state index in [0.717, 1.165) is 39.3 Å². The molecule has 0 bridgehead atoms. The molecule has 168 valence electrons. The van der Waals surface area contributed by atoms with E-state index in [1.165, 1.54) is 0 Å². The van der Waals surface area contributed by atoms with E-state index in [-0.39, 0.29) is 17.2 Å². The zero-order valence-electron chi connectivity index (χ0n) is 19.1. The molecule has 0 radical (unpaired) electrons. The molecule has 0 fully saturated rings. The highest BCUT2D eigenvalue weighted by Crippen LogP contribution is 2.39. The first-order valence-electron chi connectivity index (χ1n) is 10.7. The van der Waals surface area contributed by atoms with Crippen LogP contribution in [0.25, 0.3) is 0 Å². The topological polar surface area (TPSA) is 73.2 Å². The lowest BCUT2D eigenvalue weighted by Gasteiger charge is -2.26. The molecule has 33 heavy (non-hydrogen) atoms. The molecular formula is C28H27NO4. The Kier molecular flexibility index (Phi) is 5.88. The Labute approximate surface area is 193 Å². The normalized spacial score (nSPS) is 10.8. The maximum atomic E-state index is 10.2. The minimum Gasteiger partial charge on any atom is -0.508 e. The fraction of sp³-hybridized carbons (Fsp3) is 0.143. The second kappa shape index (κ2) is 8.79. The maximum Gasteiger partial charge on any atom is 0.130 e. The minimum atomic E-state index is 0.171. The summed E-state index contributed by atoms with van der Waals surface area (Å²) in [5, 5.41) is 30.3. The van der Waals surface area contributed by atoms with Gasteiger partial charge in [0, 0.05) is 17.8 Å². The summed E-state index contributed by atoms with van der Waals surface area (Å²) in [6, 6.07) is 21.7. The predicted octanol–water partition coefficient (Wildman–Crippen LogP) is 7.30. The molecule has 5 nitrogen and oxygen atoms in total. The third-order valence-electron chi connectivity index (χ3n) is 5.64. The number of nitrogens with zero attached hydrogens (tertiary/aromatic N) is 1. The first-order valence-corrected chi connectivity index (χ1v) is 10.7. The summed E-state index contributed by atoms with van der Waals surface area (Å²) in [5.41, 5.74) is 5.90. The van der Waals surface area contributed by atoms with Crippen LogP contribution >= 0.6 is 0 Å². The number of phenolic OH excluding ortho intramolecular Hbond substituents is 3. The highest BCUT2D eigenvalue weighted by Gasteiger charge is 2.16. The van der Waals surface area contributed by atoms with Gasteiger partial charge in [-0.2, -0.15) is 0 Å². The van der Waals surface area contributed by atoms with E-state index in [0.29, 0.717) is 11.5 Å². The van der Waals surface area contributed by atoms with Gasteiger partial charge in [-0.15, -0.1) is 0 Å². The molecule has 0 aliphatic heterocycles. The van der Waals surface area contributed by atoms with E-state index in [2.05, 4.69) is 0 Å². The molecule has 0 aromatic heterocycles. The predicted molar refractivity (Wildman–Crippen MR) is 132 cm³/mol. The first-order chi connectivity index (χ1) is 15.7. The van der Waals surface area contributed by atoms with Gasteiger partial charge in [-0.3, -0.25) is 0 Å². The number of rotatable bonds is 5. The van der Waals surface area contributed by atoms with Crippen LogP contribution in [0.1, 0.15) is 22.3 Å². The minimum absolute atomic E-state index is 0.171. The molecule has 0 heterocycles. The number of hydrogen-bond donors (Lipinski definition) is 3. The molecule has 0 atom stereocenters. The molecule has 0 saturated heterocycles. The summed E-state index contributed by atoms with van der Waals surface area (Å²) in [7, 11) is 0. The molecule has 4 aromatic rings. The fourth-order valence-electron chi connectivity index (χ4n) is 3.87. The highest BCUT2D eigenvalue weighted by molar-refractivity contribution is 5.78. The number of ether oxygens (including phenoxy) is 1. The number of aromatic hydroxyl groups is 3. The Morgan fingerprint density at radius 2 is 1.12 bits per heavy atom. The van der Waals surface area contributed by atoms with Gasteiger partial charge in [0.1, 0.15) is 28.7 Å². The maximum absolute atomic E-state index is 10.2. The standard InChI is InChI=1S/C28H27NO4/c1-17-11-22(15-24(30)13-17)29(23-12-18(2)14-25(31)16-23)21-5-7-26(8-6-21)33-28-10-9-27(32)19(3)20(28)4/h5-16,30-32H,1-4H3. The van der Waals surface area contributed by atoms with Crippen molar-refractivity contribution in [1.82, 2.24) is 0 Å². The summed E-state index contributed by atoms with van der Waals surface area (Å²) in [5.74, 6) is 1.93. The van der Waals surface area contributed by atoms with Crippen molar-refractivity contribution in [1.29, 1.82) is 0 Å². The van der Waals surface area contributed by atoms with E-state index in [4.69, 9.17) is 4.74 Å². The SMILES string of the molecule is Cc1cc(O)cc(N(c2ccc(Oc3ccc(O)c(C)c3C)cc2)c2cc(C)cc(O)c2)c1. The number of aryl methyl sites for hydroxylation is 2. The molecule has 0 amide bonds. The van der Waals surface area contributed by atoms with Gasteiger partial charge < -0.3 is 25.0 Å². The van der Waals surface area contributed by atoms with Gasteiger partial charge in [-0.25, -0.2) is 0 Å². The quantitative estimate of drug-likeness (QED) is 0.303. The van der Waals surface area contributed by atoms with E-state index in [1.54, 1.807) is 36.4 Å². The molecule has 0 saturated carbocycles. The van der Waals surface area contributed by atoms with Crippen molar-refractivity contribution in [2.45, 2.75) is 27.7 Å². The summed E-state index contributed by atoms with van der Waals surface area (Å²) < 4.78 is 6.06. The Bertz CT molecular complexity index is 1220.